The van der Waals surface area contributed by atoms with Gasteiger partial charge >= 0.3 is 0 Å². The Bertz CT molecular complexity index is 571. The molecule has 0 atom stereocenters. The molecule has 0 bridgehead atoms. The highest BCUT2D eigenvalue weighted by atomic mass is 32.2. The van der Waals surface area contributed by atoms with Crippen LogP contribution >= 0.6 is 11.8 Å². The maximum atomic E-state index is 12.8. The summed E-state index contributed by atoms with van der Waals surface area (Å²) < 4.78 is 12.8. The van der Waals surface area contributed by atoms with Crippen molar-refractivity contribution in [2.45, 2.75) is 12.3 Å². The summed E-state index contributed by atoms with van der Waals surface area (Å²) in [6, 6.07) is 16.3. The maximum absolute atomic E-state index is 12.8. The van der Waals surface area contributed by atoms with Crippen LogP contribution in [-0.4, -0.2) is 23.6 Å². The van der Waals surface area contributed by atoms with Crippen LogP contribution in [0, 0.1) is 5.82 Å². The summed E-state index contributed by atoms with van der Waals surface area (Å²) in [5.41, 5.74) is 2.15. The third kappa shape index (κ3) is 5.23. The van der Waals surface area contributed by atoms with Crippen LogP contribution < -0.4 is 0 Å². The van der Waals surface area contributed by atoms with Gasteiger partial charge in [-0.15, -0.1) is 11.8 Å². The molecule has 0 saturated carbocycles. The van der Waals surface area contributed by atoms with Crippen molar-refractivity contribution >= 4 is 17.7 Å². The Morgan fingerprint density at radius 3 is 2.38 bits per heavy atom. The predicted molar refractivity (Wildman–Crippen MR) is 85.5 cm³/mol. The Morgan fingerprint density at radius 1 is 1.05 bits per heavy atom. The summed E-state index contributed by atoms with van der Waals surface area (Å²) in [6.45, 7) is 0.622. The van der Waals surface area contributed by atoms with E-state index >= 15 is 0 Å². The lowest BCUT2D eigenvalue weighted by Gasteiger charge is -2.17. The van der Waals surface area contributed by atoms with E-state index < -0.39 is 0 Å². The Kier molecular flexibility index (Phi) is 5.81. The fourth-order valence-electron chi connectivity index (χ4n) is 1.89. The molecule has 0 aliphatic heterocycles. The van der Waals surface area contributed by atoms with Crippen molar-refractivity contribution in [3.05, 3.63) is 71.5 Å². The number of benzene rings is 2. The minimum absolute atomic E-state index is 0.103. The lowest BCUT2D eigenvalue weighted by atomic mass is 10.2. The predicted octanol–water partition coefficient (Wildman–Crippen LogP) is 3.72. The van der Waals surface area contributed by atoms with Crippen molar-refractivity contribution in [1.29, 1.82) is 0 Å². The van der Waals surface area contributed by atoms with Gasteiger partial charge in [-0.25, -0.2) is 4.39 Å². The number of amides is 1. The monoisotopic (exact) mass is 303 g/mol. The van der Waals surface area contributed by atoms with E-state index in [0.717, 1.165) is 11.1 Å². The quantitative estimate of drug-likeness (QED) is 0.810. The van der Waals surface area contributed by atoms with E-state index in [0.29, 0.717) is 18.1 Å². The summed E-state index contributed by atoms with van der Waals surface area (Å²) >= 11 is 1.55. The standard InChI is InChI=1S/C17H18FNOS/c1-19(11-14-5-3-2-4-6-14)17(20)13-21-12-15-7-9-16(18)10-8-15/h2-10H,11-13H2,1H3. The number of thioether (sulfide) groups is 1. The summed E-state index contributed by atoms with van der Waals surface area (Å²) in [5, 5.41) is 0. The van der Waals surface area contributed by atoms with Crippen LogP contribution in [0.25, 0.3) is 0 Å². The number of carbonyl (C=O) groups is 1. The molecule has 2 aromatic rings. The summed E-state index contributed by atoms with van der Waals surface area (Å²) in [5.74, 6) is 1.01. The molecular weight excluding hydrogens is 285 g/mol. The van der Waals surface area contributed by atoms with E-state index in [1.807, 2.05) is 37.4 Å². The summed E-state index contributed by atoms with van der Waals surface area (Å²) in [6.07, 6.45) is 0. The number of halogens is 1. The van der Waals surface area contributed by atoms with Crippen LogP contribution in [0.1, 0.15) is 11.1 Å². The van der Waals surface area contributed by atoms with Gasteiger partial charge in [0.15, 0.2) is 0 Å². The minimum Gasteiger partial charge on any atom is -0.341 e. The van der Waals surface area contributed by atoms with Gasteiger partial charge in [0.05, 0.1) is 5.75 Å². The van der Waals surface area contributed by atoms with Crippen molar-refractivity contribution in [2.75, 3.05) is 12.8 Å². The highest BCUT2D eigenvalue weighted by Crippen LogP contribution is 2.14. The molecule has 0 unspecified atom stereocenters. The molecule has 0 saturated heterocycles. The Hall–Kier alpha value is -1.81. The molecule has 0 N–H and O–H groups in total. The van der Waals surface area contributed by atoms with Gasteiger partial charge in [0.1, 0.15) is 5.82 Å². The number of carbonyl (C=O) groups excluding carboxylic acids is 1. The van der Waals surface area contributed by atoms with Gasteiger partial charge in [-0.1, -0.05) is 42.5 Å². The molecule has 110 valence electrons. The second kappa shape index (κ2) is 7.84. The molecule has 21 heavy (non-hydrogen) atoms. The first-order valence-electron chi connectivity index (χ1n) is 6.75. The average molecular weight is 303 g/mol. The highest BCUT2D eigenvalue weighted by Gasteiger charge is 2.09. The van der Waals surface area contributed by atoms with Crippen LogP contribution in [0.15, 0.2) is 54.6 Å². The van der Waals surface area contributed by atoms with Crippen molar-refractivity contribution in [3.8, 4) is 0 Å². The zero-order valence-corrected chi connectivity index (χ0v) is 12.8. The third-order valence-corrected chi connectivity index (χ3v) is 4.08. The molecule has 0 fully saturated rings. The molecule has 4 heteroatoms. The zero-order valence-electron chi connectivity index (χ0n) is 12.0. The molecule has 2 nitrogen and oxygen atoms in total. The van der Waals surface area contributed by atoms with E-state index in [2.05, 4.69) is 0 Å². The molecule has 2 aromatic carbocycles. The highest BCUT2D eigenvalue weighted by molar-refractivity contribution is 7.99. The van der Waals surface area contributed by atoms with Gasteiger partial charge in [-0.05, 0) is 23.3 Å². The first-order chi connectivity index (χ1) is 10.1. The van der Waals surface area contributed by atoms with E-state index in [9.17, 15) is 9.18 Å². The molecule has 0 radical (unpaired) electrons. The zero-order chi connectivity index (χ0) is 15.1. The van der Waals surface area contributed by atoms with Gasteiger partial charge < -0.3 is 4.90 Å². The molecule has 0 heterocycles. The molecule has 2 rings (SSSR count). The van der Waals surface area contributed by atoms with Crippen molar-refractivity contribution < 1.29 is 9.18 Å². The Balaban J connectivity index is 1.75. The van der Waals surface area contributed by atoms with E-state index in [1.54, 1.807) is 28.8 Å². The second-order valence-corrected chi connectivity index (χ2v) is 5.84. The molecule has 0 aliphatic carbocycles. The van der Waals surface area contributed by atoms with Crippen LogP contribution in [0.2, 0.25) is 0 Å². The number of hydrogen-bond donors (Lipinski definition) is 0. The Labute approximate surface area is 129 Å². The average Bonchev–Trinajstić information content (AvgIpc) is 2.50. The SMILES string of the molecule is CN(Cc1ccccc1)C(=O)CSCc1ccc(F)cc1. The van der Waals surface area contributed by atoms with Crippen LogP contribution in [-0.2, 0) is 17.1 Å². The van der Waals surface area contributed by atoms with Gasteiger partial charge in [0.2, 0.25) is 5.91 Å². The second-order valence-electron chi connectivity index (χ2n) is 4.85. The van der Waals surface area contributed by atoms with Gasteiger partial charge in [-0.3, -0.25) is 4.79 Å². The molecule has 0 spiro atoms. The molecule has 0 aliphatic rings. The first kappa shape index (κ1) is 15.6. The van der Waals surface area contributed by atoms with E-state index in [1.165, 1.54) is 12.1 Å². The van der Waals surface area contributed by atoms with Crippen LogP contribution in [0.5, 0.6) is 0 Å². The van der Waals surface area contributed by atoms with Crippen molar-refractivity contribution in [1.82, 2.24) is 4.90 Å². The minimum atomic E-state index is -0.234. The fourth-order valence-corrected chi connectivity index (χ4v) is 2.82. The molecule has 1 amide bonds. The number of hydrogen-bond acceptors (Lipinski definition) is 2. The molecular formula is C17H18FNOS. The smallest absolute Gasteiger partial charge is 0.232 e. The van der Waals surface area contributed by atoms with Crippen molar-refractivity contribution in [2.24, 2.45) is 0 Å². The fraction of sp³-hybridized carbons (Fsp3) is 0.235. The lowest BCUT2D eigenvalue weighted by Crippen LogP contribution is -2.27. The third-order valence-electron chi connectivity index (χ3n) is 3.10. The summed E-state index contributed by atoms with van der Waals surface area (Å²) in [4.78, 5) is 13.8. The van der Waals surface area contributed by atoms with Gasteiger partial charge in [-0.2, -0.15) is 0 Å². The largest absolute Gasteiger partial charge is 0.341 e. The van der Waals surface area contributed by atoms with Gasteiger partial charge in [0, 0.05) is 19.3 Å². The topological polar surface area (TPSA) is 20.3 Å². The lowest BCUT2D eigenvalue weighted by molar-refractivity contribution is -0.127. The van der Waals surface area contributed by atoms with Gasteiger partial charge in [0.25, 0.3) is 0 Å². The summed E-state index contributed by atoms with van der Waals surface area (Å²) in [7, 11) is 1.81. The first-order valence-corrected chi connectivity index (χ1v) is 7.90. The van der Waals surface area contributed by atoms with Crippen LogP contribution in [0.4, 0.5) is 4.39 Å². The van der Waals surface area contributed by atoms with Crippen LogP contribution in [0.3, 0.4) is 0 Å². The maximum Gasteiger partial charge on any atom is 0.232 e. The number of rotatable bonds is 6. The Morgan fingerprint density at radius 2 is 1.71 bits per heavy atom. The van der Waals surface area contributed by atoms with E-state index in [4.69, 9.17) is 0 Å². The normalized spacial score (nSPS) is 10.4. The van der Waals surface area contributed by atoms with Crippen molar-refractivity contribution in [3.63, 3.8) is 0 Å². The molecule has 0 aromatic heterocycles. The number of nitrogens with zero attached hydrogens (tertiary/aromatic N) is 1. The van der Waals surface area contributed by atoms with E-state index in [-0.39, 0.29) is 11.7 Å².